The topological polar surface area (TPSA) is 72.9 Å². The number of hydrogen-bond acceptors (Lipinski definition) is 6. The number of nitrogens with two attached hydrogens (primary N) is 1. The van der Waals surface area contributed by atoms with Crippen molar-refractivity contribution in [3.63, 3.8) is 0 Å². The number of rotatable bonds is 3. The Morgan fingerprint density at radius 2 is 2.05 bits per heavy atom. The minimum atomic E-state index is 0.571. The summed E-state index contributed by atoms with van der Waals surface area (Å²) >= 11 is 1.60. The van der Waals surface area contributed by atoms with Gasteiger partial charge in [-0.3, -0.25) is 4.90 Å². The fourth-order valence-corrected chi connectivity index (χ4v) is 4.32. The van der Waals surface area contributed by atoms with Crippen molar-refractivity contribution < 1.29 is 0 Å². The van der Waals surface area contributed by atoms with Crippen LogP contribution < -0.4 is 5.73 Å². The average molecular weight is 318 g/mol. The highest BCUT2D eigenvalue weighted by Gasteiger charge is 2.27. The molecule has 0 radical (unpaired) electrons. The molecule has 0 saturated carbocycles. The summed E-state index contributed by atoms with van der Waals surface area (Å²) in [5, 5.41) is 9.57. The van der Waals surface area contributed by atoms with Crippen LogP contribution in [-0.2, 0) is 19.5 Å². The monoisotopic (exact) mass is 318 g/mol. The van der Waals surface area contributed by atoms with Gasteiger partial charge in [0, 0.05) is 36.5 Å². The Balaban J connectivity index is 1.38. The number of piperidine rings is 1. The van der Waals surface area contributed by atoms with Gasteiger partial charge >= 0.3 is 0 Å². The van der Waals surface area contributed by atoms with Crippen LogP contribution in [0.2, 0.25) is 0 Å². The molecule has 0 spiro atoms. The molecule has 4 heterocycles. The molecule has 1 fully saturated rings. The predicted molar refractivity (Wildman–Crippen MR) is 86.7 cm³/mol. The van der Waals surface area contributed by atoms with Crippen LogP contribution in [0.3, 0.4) is 0 Å². The second-order valence-electron chi connectivity index (χ2n) is 6.30. The Morgan fingerprint density at radius 1 is 1.18 bits per heavy atom. The first-order valence-corrected chi connectivity index (χ1v) is 8.96. The lowest BCUT2D eigenvalue weighted by molar-refractivity contribution is 0.201. The molecule has 0 unspecified atom stereocenters. The highest BCUT2D eigenvalue weighted by molar-refractivity contribution is 7.15. The van der Waals surface area contributed by atoms with Crippen LogP contribution in [0.25, 0.3) is 0 Å². The summed E-state index contributed by atoms with van der Waals surface area (Å²) in [6.07, 6.45) is 7.87. The number of likely N-dealkylation sites (tertiary alicyclic amines) is 1. The molecule has 2 aromatic heterocycles. The van der Waals surface area contributed by atoms with Crippen LogP contribution in [0.15, 0.2) is 6.20 Å². The zero-order chi connectivity index (χ0) is 14.9. The molecule has 4 rings (SSSR count). The van der Waals surface area contributed by atoms with E-state index in [1.54, 1.807) is 11.3 Å². The van der Waals surface area contributed by atoms with Crippen molar-refractivity contribution in [3.8, 4) is 0 Å². The SMILES string of the molecule is Nc1ncc(CN2CCC(c3nnc4n3CCCC4)CC2)s1. The molecule has 0 aromatic carbocycles. The van der Waals surface area contributed by atoms with E-state index in [-0.39, 0.29) is 0 Å². The maximum Gasteiger partial charge on any atom is 0.180 e. The third-order valence-electron chi connectivity index (χ3n) is 4.79. The lowest BCUT2D eigenvalue weighted by Gasteiger charge is -2.31. The quantitative estimate of drug-likeness (QED) is 0.937. The third-order valence-corrected chi connectivity index (χ3v) is 5.60. The molecule has 7 heteroatoms. The molecule has 2 aromatic rings. The van der Waals surface area contributed by atoms with Crippen molar-refractivity contribution in [3.05, 3.63) is 22.7 Å². The van der Waals surface area contributed by atoms with Gasteiger partial charge in [-0.2, -0.15) is 0 Å². The second kappa shape index (κ2) is 5.96. The van der Waals surface area contributed by atoms with E-state index >= 15 is 0 Å². The number of nitrogens with zero attached hydrogens (tertiary/aromatic N) is 5. The summed E-state index contributed by atoms with van der Waals surface area (Å²) in [6.45, 7) is 4.31. The van der Waals surface area contributed by atoms with E-state index in [0.29, 0.717) is 11.0 Å². The van der Waals surface area contributed by atoms with Crippen LogP contribution in [0.5, 0.6) is 0 Å². The van der Waals surface area contributed by atoms with Gasteiger partial charge in [0.2, 0.25) is 0 Å². The highest BCUT2D eigenvalue weighted by atomic mass is 32.1. The molecule has 2 N–H and O–H groups in total. The molecule has 2 aliphatic heterocycles. The molecular formula is C15H22N6S. The lowest BCUT2D eigenvalue weighted by atomic mass is 9.95. The number of aryl methyl sites for hydroxylation is 1. The van der Waals surface area contributed by atoms with Gasteiger partial charge in [0.15, 0.2) is 5.13 Å². The van der Waals surface area contributed by atoms with E-state index < -0.39 is 0 Å². The maximum atomic E-state index is 5.71. The van der Waals surface area contributed by atoms with Crippen molar-refractivity contribution in [2.24, 2.45) is 0 Å². The summed E-state index contributed by atoms with van der Waals surface area (Å²) < 4.78 is 2.38. The van der Waals surface area contributed by atoms with Crippen LogP contribution in [0, 0.1) is 0 Å². The minimum Gasteiger partial charge on any atom is -0.375 e. The van der Waals surface area contributed by atoms with Crippen LogP contribution in [0.1, 0.15) is 48.1 Å². The van der Waals surface area contributed by atoms with Gasteiger partial charge in [-0.25, -0.2) is 4.98 Å². The molecule has 22 heavy (non-hydrogen) atoms. The fourth-order valence-electron chi connectivity index (χ4n) is 3.60. The maximum absolute atomic E-state index is 5.71. The normalized spacial score (nSPS) is 20.2. The van der Waals surface area contributed by atoms with E-state index in [0.717, 1.165) is 32.6 Å². The number of aromatic nitrogens is 4. The number of thiazole rings is 1. The number of fused-ring (bicyclic) bond motifs is 1. The van der Waals surface area contributed by atoms with Crippen molar-refractivity contribution in [2.75, 3.05) is 18.8 Å². The largest absolute Gasteiger partial charge is 0.375 e. The highest BCUT2D eigenvalue weighted by Crippen LogP contribution is 2.30. The second-order valence-corrected chi connectivity index (χ2v) is 7.45. The Morgan fingerprint density at radius 3 is 2.82 bits per heavy atom. The van der Waals surface area contributed by atoms with Crippen molar-refractivity contribution in [2.45, 2.75) is 51.1 Å². The van der Waals surface area contributed by atoms with Crippen LogP contribution >= 0.6 is 11.3 Å². The van der Waals surface area contributed by atoms with E-state index in [2.05, 4.69) is 24.6 Å². The van der Waals surface area contributed by atoms with Crippen LogP contribution in [0.4, 0.5) is 5.13 Å². The smallest absolute Gasteiger partial charge is 0.180 e. The first-order chi connectivity index (χ1) is 10.8. The number of anilines is 1. The van der Waals surface area contributed by atoms with Gasteiger partial charge in [-0.15, -0.1) is 21.5 Å². The number of nitrogen functional groups attached to an aromatic ring is 1. The first-order valence-electron chi connectivity index (χ1n) is 8.14. The molecule has 118 valence electrons. The van der Waals surface area contributed by atoms with Gasteiger partial charge in [-0.1, -0.05) is 0 Å². The van der Waals surface area contributed by atoms with Gasteiger partial charge in [0.1, 0.15) is 11.6 Å². The molecule has 0 aliphatic carbocycles. The standard InChI is InChI=1S/C15H22N6S/c16-15-17-9-12(22-15)10-20-7-4-11(5-8-20)14-19-18-13-3-1-2-6-21(13)14/h9,11H,1-8,10H2,(H2,16,17). The summed E-state index contributed by atoms with van der Waals surface area (Å²) in [6, 6.07) is 0. The van der Waals surface area contributed by atoms with Crippen molar-refractivity contribution in [1.82, 2.24) is 24.6 Å². The van der Waals surface area contributed by atoms with E-state index in [4.69, 9.17) is 5.73 Å². The first kappa shape index (κ1) is 14.1. The summed E-state index contributed by atoms with van der Waals surface area (Å²) in [7, 11) is 0. The molecule has 1 saturated heterocycles. The van der Waals surface area contributed by atoms with Crippen LogP contribution in [-0.4, -0.2) is 37.7 Å². The molecule has 2 aliphatic rings. The van der Waals surface area contributed by atoms with Gasteiger partial charge < -0.3 is 10.3 Å². The van der Waals surface area contributed by atoms with Crippen molar-refractivity contribution >= 4 is 16.5 Å². The van der Waals surface area contributed by atoms with E-state index in [9.17, 15) is 0 Å². The van der Waals surface area contributed by atoms with Gasteiger partial charge in [0.25, 0.3) is 0 Å². The molecular weight excluding hydrogens is 296 g/mol. The van der Waals surface area contributed by atoms with E-state index in [1.165, 1.54) is 42.2 Å². The van der Waals surface area contributed by atoms with Gasteiger partial charge in [0.05, 0.1) is 0 Å². The number of hydrogen-bond donors (Lipinski definition) is 1. The molecule has 0 atom stereocenters. The predicted octanol–water partition coefficient (Wildman–Crippen LogP) is 2.03. The van der Waals surface area contributed by atoms with Gasteiger partial charge in [-0.05, 0) is 38.8 Å². The Kier molecular flexibility index (Phi) is 3.83. The zero-order valence-corrected chi connectivity index (χ0v) is 13.6. The van der Waals surface area contributed by atoms with Crippen molar-refractivity contribution in [1.29, 1.82) is 0 Å². The Bertz CT molecular complexity index is 640. The summed E-state index contributed by atoms with van der Waals surface area (Å²) in [5.74, 6) is 3.00. The molecule has 0 bridgehead atoms. The molecule has 6 nitrogen and oxygen atoms in total. The summed E-state index contributed by atoms with van der Waals surface area (Å²) in [5.41, 5.74) is 5.71. The lowest BCUT2D eigenvalue weighted by Crippen LogP contribution is -2.33. The average Bonchev–Trinajstić information content (AvgIpc) is 3.14. The third kappa shape index (κ3) is 2.75. The van der Waals surface area contributed by atoms with E-state index in [1.807, 2.05) is 6.20 Å². The zero-order valence-electron chi connectivity index (χ0n) is 12.7. The minimum absolute atomic E-state index is 0.571. The Hall–Kier alpha value is -1.47. The molecule has 0 amide bonds. The Labute approximate surface area is 134 Å². The summed E-state index contributed by atoms with van der Waals surface area (Å²) in [4.78, 5) is 7.89. The fraction of sp³-hybridized carbons (Fsp3) is 0.667.